The summed E-state index contributed by atoms with van der Waals surface area (Å²) in [4.78, 5) is 25.6. The van der Waals surface area contributed by atoms with Gasteiger partial charge in [-0.2, -0.15) is 0 Å². The van der Waals surface area contributed by atoms with Gasteiger partial charge < -0.3 is 0 Å². The van der Waals surface area contributed by atoms with Gasteiger partial charge in [0.1, 0.15) is 0 Å². The number of imide groups is 1. The lowest BCUT2D eigenvalue weighted by Gasteiger charge is -2.09. The first-order chi connectivity index (χ1) is 10.8. The van der Waals surface area contributed by atoms with Crippen LogP contribution >= 0.6 is 0 Å². The Morgan fingerprint density at radius 2 is 1.36 bits per heavy atom. The third-order valence-corrected chi connectivity index (χ3v) is 3.50. The van der Waals surface area contributed by atoms with E-state index in [0.29, 0.717) is 11.1 Å². The SMILES string of the molecule is O=C1c2ccccc2C(=O)N1C/C=C/C=C/c1ccccc1. The number of fused-ring (bicyclic) bond motifs is 1. The fourth-order valence-corrected chi connectivity index (χ4v) is 2.38. The molecule has 1 aliphatic rings. The highest BCUT2D eigenvalue weighted by molar-refractivity contribution is 6.21. The molecule has 3 nitrogen and oxygen atoms in total. The monoisotopic (exact) mass is 289 g/mol. The van der Waals surface area contributed by atoms with Gasteiger partial charge in [0.2, 0.25) is 0 Å². The summed E-state index contributed by atoms with van der Waals surface area (Å²) in [7, 11) is 0. The Morgan fingerprint density at radius 3 is 2.00 bits per heavy atom. The second kappa shape index (κ2) is 6.22. The van der Waals surface area contributed by atoms with E-state index in [2.05, 4.69) is 0 Å². The molecule has 0 fully saturated rings. The lowest BCUT2D eigenvalue weighted by atomic mass is 10.1. The summed E-state index contributed by atoms with van der Waals surface area (Å²) in [6.45, 7) is 0.283. The molecular weight excluding hydrogens is 274 g/mol. The van der Waals surface area contributed by atoms with Gasteiger partial charge in [0.25, 0.3) is 11.8 Å². The molecule has 2 amide bonds. The zero-order valence-corrected chi connectivity index (χ0v) is 12.0. The van der Waals surface area contributed by atoms with E-state index in [1.54, 1.807) is 30.3 Å². The fourth-order valence-electron chi connectivity index (χ4n) is 2.38. The molecule has 108 valence electrons. The van der Waals surface area contributed by atoms with Crippen LogP contribution in [0.3, 0.4) is 0 Å². The quantitative estimate of drug-likeness (QED) is 0.637. The van der Waals surface area contributed by atoms with Crippen LogP contribution in [-0.4, -0.2) is 23.3 Å². The van der Waals surface area contributed by atoms with Crippen LogP contribution in [0.1, 0.15) is 26.3 Å². The molecule has 0 saturated carbocycles. The van der Waals surface area contributed by atoms with Crippen LogP contribution in [0.2, 0.25) is 0 Å². The van der Waals surface area contributed by atoms with Crippen molar-refractivity contribution in [2.45, 2.75) is 0 Å². The summed E-state index contributed by atoms with van der Waals surface area (Å²) in [5.74, 6) is -0.449. The number of hydrogen-bond donors (Lipinski definition) is 0. The Morgan fingerprint density at radius 1 is 0.773 bits per heavy atom. The molecule has 1 aliphatic heterocycles. The van der Waals surface area contributed by atoms with Gasteiger partial charge >= 0.3 is 0 Å². The molecule has 0 spiro atoms. The van der Waals surface area contributed by atoms with Crippen molar-refractivity contribution >= 4 is 17.9 Å². The van der Waals surface area contributed by atoms with Crippen molar-refractivity contribution in [2.75, 3.05) is 6.54 Å². The first kappa shape index (κ1) is 14.0. The Labute approximate surface area is 129 Å². The number of rotatable bonds is 4. The average molecular weight is 289 g/mol. The van der Waals surface area contributed by atoms with Crippen molar-refractivity contribution in [2.24, 2.45) is 0 Å². The fraction of sp³-hybridized carbons (Fsp3) is 0.0526. The van der Waals surface area contributed by atoms with Crippen LogP contribution in [0.25, 0.3) is 6.08 Å². The molecule has 3 heteroatoms. The maximum Gasteiger partial charge on any atom is 0.261 e. The molecule has 0 bridgehead atoms. The highest BCUT2D eigenvalue weighted by Crippen LogP contribution is 2.21. The Hall–Kier alpha value is -2.94. The molecule has 0 saturated heterocycles. The molecule has 0 aromatic heterocycles. The zero-order chi connectivity index (χ0) is 15.4. The smallest absolute Gasteiger partial charge is 0.261 e. The van der Waals surface area contributed by atoms with E-state index in [0.717, 1.165) is 5.56 Å². The van der Waals surface area contributed by atoms with E-state index >= 15 is 0 Å². The number of hydrogen-bond acceptors (Lipinski definition) is 2. The van der Waals surface area contributed by atoms with Gasteiger partial charge in [0, 0.05) is 6.54 Å². The molecule has 0 atom stereocenters. The zero-order valence-electron chi connectivity index (χ0n) is 12.0. The lowest BCUT2D eigenvalue weighted by molar-refractivity contribution is 0.0672. The summed E-state index contributed by atoms with van der Waals surface area (Å²) in [6, 6.07) is 16.9. The second-order valence-corrected chi connectivity index (χ2v) is 4.96. The van der Waals surface area contributed by atoms with Gasteiger partial charge in [0.15, 0.2) is 0 Å². The Balaban J connectivity index is 1.63. The Kier molecular flexibility index (Phi) is 3.97. The third kappa shape index (κ3) is 2.74. The molecule has 0 radical (unpaired) electrons. The van der Waals surface area contributed by atoms with E-state index in [1.807, 2.05) is 48.6 Å². The van der Waals surface area contributed by atoms with E-state index in [1.165, 1.54) is 4.90 Å². The summed E-state index contributed by atoms with van der Waals surface area (Å²) >= 11 is 0. The van der Waals surface area contributed by atoms with E-state index in [4.69, 9.17) is 0 Å². The van der Waals surface area contributed by atoms with Crippen molar-refractivity contribution < 1.29 is 9.59 Å². The predicted octanol–water partition coefficient (Wildman–Crippen LogP) is 3.55. The van der Waals surface area contributed by atoms with Crippen molar-refractivity contribution in [3.63, 3.8) is 0 Å². The van der Waals surface area contributed by atoms with E-state index in [-0.39, 0.29) is 18.4 Å². The van der Waals surface area contributed by atoms with Crippen LogP contribution in [0.5, 0.6) is 0 Å². The van der Waals surface area contributed by atoms with Crippen molar-refractivity contribution in [1.82, 2.24) is 4.90 Å². The summed E-state index contributed by atoms with van der Waals surface area (Å²) < 4.78 is 0. The van der Waals surface area contributed by atoms with E-state index < -0.39 is 0 Å². The van der Waals surface area contributed by atoms with Crippen LogP contribution < -0.4 is 0 Å². The van der Waals surface area contributed by atoms with Crippen LogP contribution in [0.4, 0.5) is 0 Å². The predicted molar refractivity (Wildman–Crippen MR) is 86.4 cm³/mol. The van der Waals surface area contributed by atoms with Crippen molar-refractivity contribution in [3.05, 3.63) is 89.5 Å². The van der Waals surface area contributed by atoms with Gasteiger partial charge in [-0.3, -0.25) is 14.5 Å². The molecular formula is C19H15NO2. The van der Waals surface area contributed by atoms with Gasteiger partial charge in [-0.25, -0.2) is 0 Å². The largest absolute Gasteiger partial charge is 0.270 e. The summed E-state index contributed by atoms with van der Waals surface area (Å²) in [6.07, 6.45) is 7.52. The number of allylic oxidation sites excluding steroid dienone is 2. The van der Waals surface area contributed by atoms with Gasteiger partial charge in [-0.05, 0) is 17.7 Å². The maximum atomic E-state index is 12.1. The van der Waals surface area contributed by atoms with Gasteiger partial charge in [-0.15, -0.1) is 0 Å². The van der Waals surface area contributed by atoms with Gasteiger partial charge in [-0.1, -0.05) is 66.8 Å². The summed E-state index contributed by atoms with van der Waals surface area (Å²) in [5, 5.41) is 0. The molecule has 22 heavy (non-hydrogen) atoms. The van der Waals surface area contributed by atoms with Crippen LogP contribution in [-0.2, 0) is 0 Å². The molecule has 1 heterocycles. The second-order valence-electron chi connectivity index (χ2n) is 4.96. The minimum atomic E-state index is -0.225. The topological polar surface area (TPSA) is 37.4 Å². The average Bonchev–Trinajstić information content (AvgIpc) is 2.81. The number of amides is 2. The maximum absolute atomic E-state index is 12.1. The third-order valence-electron chi connectivity index (χ3n) is 3.50. The number of benzene rings is 2. The Bertz CT molecular complexity index is 725. The van der Waals surface area contributed by atoms with Crippen LogP contribution in [0, 0.1) is 0 Å². The number of nitrogens with zero attached hydrogens (tertiary/aromatic N) is 1. The molecule has 0 N–H and O–H groups in total. The van der Waals surface area contributed by atoms with Crippen molar-refractivity contribution in [1.29, 1.82) is 0 Å². The molecule has 2 aromatic carbocycles. The van der Waals surface area contributed by atoms with Gasteiger partial charge in [0.05, 0.1) is 11.1 Å². The first-order valence-corrected chi connectivity index (χ1v) is 7.11. The highest BCUT2D eigenvalue weighted by Gasteiger charge is 2.33. The normalized spacial score (nSPS) is 14.3. The number of carbonyl (C=O) groups excluding carboxylic acids is 2. The summed E-state index contributed by atoms with van der Waals surface area (Å²) in [5.41, 5.74) is 2.08. The molecule has 3 rings (SSSR count). The molecule has 0 aliphatic carbocycles. The minimum absolute atomic E-state index is 0.225. The minimum Gasteiger partial charge on any atom is -0.270 e. The molecule has 0 unspecified atom stereocenters. The molecule has 2 aromatic rings. The highest BCUT2D eigenvalue weighted by atomic mass is 16.2. The van der Waals surface area contributed by atoms with Crippen molar-refractivity contribution in [3.8, 4) is 0 Å². The lowest BCUT2D eigenvalue weighted by Crippen LogP contribution is -2.29. The number of carbonyl (C=O) groups is 2. The standard InChI is InChI=1S/C19H15NO2/c21-18-16-12-6-7-13-17(16)19(22)20(18)14-8-2-5-11-15-9-3-1-4-10-15/h1-13H,14H2/b8-2+,11-5+. The van der Waals surface area contributed by atoms with E-state index in [9.17, 15) is 9.59 Å². The first-order valence-electron chi connectivity index (χ1n) is 7.11. The van der Waals surface area contributed by atoms with Crippen LogP contribution in [0.15, 0.2) is 72.8 Å².